The van der Waals surface area contributed by atoms with Gasteiger partial charge in [0.15, 0.2) is 23.0 Å². The summed E-state index contributed by atoms with van der Waals surface area (Å²) in [6, 6.07) is 8.01. The summed E-state index contributed by atoms with van der Waals surface area (Å²) in [6.45, 7) is 0. The van der Waals surface area contributed by atoms with Gasteiger partial charge in [-0.2, -0.15) is 0 Å². The highest BCUT2D eigenvalue weighted by Crippen LogP contribution is 2.42. The predicted octanol–water partition coefficient (Wildman–Crippen LogP) is 2.19. The number of carbonyl (C=O) groups is 2. The summed E-state index contributed by atoms with van der Waals surface area (Å²) in [6.07, 6.45) is 0.190. The Hall–Kier alpha value is -3.68. The molecule has 8 nitrogen and oxygen atoms in total. The van der Waals surface area contributed by atoms with Gasteiger partial charge >= 0.3 is 11.9 Å². The zero-order valence-corrected chi connectivity index (χ0v) is 14.1. The SMILES string of the molecule is COc1cc(/C=C2/C(=O)OC(c3ccc(O)c(O)c3)C2C(=O)O)ccc1O. The van der Waals surface area contributed by atoms with Crippen molar-refractivity contribution in [3.8, 4) is 23.0 Å². The van der Waals surface area contributed by atoms with Gasteiger partial charge in [-0.05, 0) is 41.5 Å². The maximum absolute atomic E-state index is 12.3. The van der Waals surface area contributed by atoms with E-state index >= 15 is 0 Å². The molecule has 0 spiro atoms. The van der Waals surface area contributed by atoms with E-state index in [1.165, 1.54) is 43.5 Å². The van der Waals surface area contributed by atoms with Crippen LogP contribution in [0, 0.1) is 5.92 Å². The van der Waals surface area contributed by atoms with E-state index in [0.717, 1.165) is 6.07 Å². The Bertz CT molecular complexity index is 947. The van der Waals surface area contributed by atoms with Crippen LogP contribution in [0.25, 0.3) is 6.08 Å². The Labute approximate surface area is 153 Å². The summed E-state index contributed by atoms with van der Waals surface area (Å²) >= 11 is 0. The number of carbonyl (C=O) groups excluding carboxylic acids is 1. The van der Waals surface area contributed by atoms with Crippen LogP contribution in [0.3, 0.4) is 0 Å². The topological polar surface area (TPSA) is 134 Å². The first kappa shape index (κ1) is 18.1. The Kier molecular flexibility index (Phi) is 4.64. The van der Waals surface area contributed by atoms with Crippen molar-refractivity contribution >= 4 is 18.0 Å². The molecule has 2 aromatic rings. The summed E-state index contributed by atoms with van der Waals surface area (Å²) in [4.78, 5) is 24.1. The van der Waals surface area contributed by atoms with E-state index in [9.17, 15) is 30.0 Å². The molecule has 140 valence electrons. The van der Waals surface area contributed by atoms with Crippen molar-refractivity contribution in [1.82, 2.24) is 0 Å². The first-order valence-corrected chi connectivity index (χ1v) is 7.86. The molecule has 1 heterocycles. The number of aromatic hydroxyl groups is 3. The van der Waals surface area contributed by atoms with Crippen LogP contribution in [0.1, 0.15) is 17.2 Å². The minimum Gasteiger partial charge on any atom is -0.504 e. The lowest BCUT2D eigenvalue weighted by atomic mass is 9.90. The van der Waals surface area contributed by atoms with E-state index in [2.05, 4.69) is 0 Å². The monoisotopic (exact) mass is 372 g/mol. The first-order valence-electron chi connectivity index (χ1n) is 7.86. The lowest BCUT2D eigenvalue weighted by molar-refractivity contribution is -0.144. The average molecular weight is 372 g/mol. The zero-order valence-electron chi connectivity index (χ0n) is 14.1. The van der Waals surface area contributed by atoms with Crippen molar-refractivity contribution in [1.29, 1.82) is 0 Å². The van der Waals surface area contributed by atoms with Crippen LogP contribution in [-0.2, 0) is 14.3 Å². The number of phenols is 3. The molecule has 8 heteroatoms. The Morgan fingerprint density at radius 3 is 2.41 bits per heavy atom. The van der Waals surface area contributed by atoms with Gasteiger partial charge in [0, 0.05) is 0 Å². The number of carboxylic acid groups (broad SMARTS) is 1. The van der Waals surface area contributed by atoms with Gasteiger partial charge in [0.1, 0.15) is 12.0 Å². The molecule has 0 saturated carbocycles. The van der Waals surface area contributed by atoms with E-state index < -0.39 is 29.7 Å². The zero-order chi connectivity index (χ0) is 19.7. The van der Waals surface area contributed by atoms with Gasteiger partial charge in [-0.1, -0.05) is 12.1 Å². The van der Waals surface area contributed by atoms with Gasteiger partial charge in [0.25, 0.3) is 0 Å². The molecule has 1 saturated heterocycles. The molecule has 2 aromatic carbocycles. The van der Waals surface area contributed by atoms with E-state index in [-0.39, 0.29) is 28.4 Å². The number of esters is 1. The van der Waals surface area contributed by atoms with Gasteiger partial charge in [-0.15, -0.1) is 0 Å². The number of ether oxygens (including phenoxy) is 2. The second kappa shape index (κ2) is 6.91. The number of hydrogen-bond donors (Lipinski definition) is 4. The fraction of sp³-hybridized carbons (Fsp3) is 0.158. The average Bonchev–Trinajstić information content (AvgIpc) is 2.95. The van der Waals surface area contributed by atoms with E-state index in [1.807, 2.05) is 0 Å². The van der Waals surface area contributed by atoms with Crippen molar-refractivity contribution in [3.05, 3.63) is 53.1 Å². The molecule has 1 fully saturated rings. The van der Waals surface area contributed by atoms with Gasteiger partial charge in [-0.3, -0.25) is 4.79 Å². The first-order chi connectivity index (χ1) is 12.8. The van der Waals surface area contributed by atoms with Crippen LogP contribution in [0.4, 0.5) is 0 Å². The van der Waals surface area contributed by atoms with Crippen molar-refractivity contribution < 1.29 is 39.5 Å². The molecule has 0 radical (unpaired) electrons. The highest BCUT2D eigenvalue weighted by molar-refractivity contribution is 6.02. The highest BCUT2D eigenvalue weighted by Gasteiger charge is 2.45. The number of aliphatic carboxylic acids is 1. The summed E-state index contributed by atoms with van der Waals surface area (Å²) < 4.78 is 10.2. The largest absolute Gasteiger partial charge is 0.504 e. The Balaban J connectivity index is 2.04. The van der Waals surface area contributed by atoms with Crippen LogP contribution in [0.5, 0.6) is 23.0 Å². The molecule has 1 aliphatic rings. The number of carboxylic acids is 1. The van der Waals surface area contributed by atoms with Gasteiger partial charge < -0.3 is 29.9 Å². The van der Waals surface area contributed by atoms with Crippen molar-refractivity contribution in [3.63, 3.8) is 0 Å². The summed E-state index contributed by atoms with van der Waals surface area (Å²) in [5.41, 5.74) is 0.586. The van der Waals surface area contributed by atoms with Crippen LogP contribution >= 0.6 is 0 Å². The van der Waals surface area contributed by atoms with Crippen LogP contribution < -0.4 is 4.74 Å². The fourth-order valence-corrected chi connectivity index (χ4v) is 2.89. The molecule has 4 N–H and O–H groups in total. The lowest BCUT2D eigenvalue weighted by Gasteiger charge is -2.15. The fourth-order valence-electron chi connectivity index (χ4n) is 2.89. The molecule has 3 rings (SSSR count). The third kappa shape index (κ3) is 3.37. The molecule has 2 atom stereocenters. The van der Waals surface area contributed by atoms with E-state index in [4.69, 9.17) is 9.47 Å². The minimum atomic E-state index is -1.32. The molecular formula is C19H16O8. The summed E-state index contributed by atoms with van der Waals surface area (Å²) in [5.74, 6) is -4.16. The van der Waals surface area contributed by atoms with Crippen molar-refractivity contribution in [2.45, 2.75) is 6.10 Å². The minimum absolute atomic E-state index is 0.0900. The Morgan fingerprint density at radius 2 is 1.78 bits per heavy atom. The number of phenolic OH excluding ortho intramolecular Hbond substituents is 3. The van der Waals surface area contributed by atoms with E-state index in [1.54, 1.807) is 0 Å². The van der Waals surface area contributed by atoms with Crippen LogP contribution in [0.2, 0.25) is 0 Å². The predicted molar refractivity (Wildman–Crippen MR) is 92.4 cm³/mol. The van der Waals surface area contributed by atoms with Crippen LogP contribution in [-0.4, -0.2) is 39.5 Å². The second-order valence-corrected chi connectivity index (χ2v) is 5.92. The maximum Gasteiger partial charge on any atom is 0.335 e. The second-order valence-electron chi connectivity index (χ2n) is 5.92. The van der Waals surface area contributed by atoms with Gasteiger partial charge in [0.05, 0.1) is 12.7 Å². The third-order valence-corrected chi connectivity index (χ3v) is 4.23. The summed E-state index contributed by atoms with van der Waals surface area (Å²) in [7, 11) is 1.36. The third-order valence-electron chi connectivity index (χ3n) is 4.23. The molecule has 0 bridgehead atoms. The highest BCUT2D eigenvalue weighted by atomic mass is 16.6. The molecule has 0 aromatic heterocycles. The maximum atomic E-state index is 12.3. The Morgan fingerprint density at radius 1 is 1.07 bits per heavy atom. The summed E-state index contributed by atoms with van der Waals surface area (Å²) in [5, 5.41) is 38.3. The number of benzene rings is 2. The van der Waals surface area contributed by atoms with Crippen LogP contribution in [0.15, 0.2) is 42.0 Å². The molecule has 0 amide bonds. The smallest absolute Gasteiger partial charge is 0.335 e. The number of cyclic esters (lactones) is 1. The van der Waals surface area contributed by atoms with Gasteiger partial charge in [-0.25, -0.2) is 4.79 Å². The molecule has 1 aliphatic heterocycles. The molecular weight excluding hydrogens is 356 g/mol. The number of rotatable bonds is 4. The number of methoxy groups -OCH3 is 1. The standard InChI is InChI=1S/C19H16O8/c1-26-15-7-9(2-4-13(15)21)6-11-16(18(23)24)17(27-19(11)25)10-3-5-12(20)14(22)8-10/h2-8,16-17,20-22H,1H3,(H,23,24)/b11-6+. The lowest BCUT2D eigenvalue weighted by Crippen LogP contribution is -2.19. The van der Waals surface area contributed by atoms with Crippen molar-refractivity contribution in [2.24, 2.45) is 5.92 Å². The molecule has 0 aliphatic carbocycles. The van der Waals surface area contributed by atoms with E-state index in [0.29, 0.717) is 5.56 Å². The van der Waals surface area contributed by atoms with Crippen molar-refractivity contribution in [2.75, 3.05) is 7.11 Å². The normalized spacial score (nSPS) is 20.5. The quantitative estimate of drug-likeness (QED) is 0.365. The molecule has 27 heavy (non-hydrogen) atoms. The van der Waals surface area contributed by atoms with Gasteiger partial charge in [0.2, 0.25) is 0 Å². The molecule has 2 unspecified atom stereocenters. The number of hydrogen-bond acceptors (Lipinski definition) is 7.